The smallest absolute Gasteiger partial charge is 0.296 e. The second-order valence-corrected chi connectivity index (χ2v) is 5.31. The van der Waals surface area contributed by atoms with E-state index in [4.69, 9.17) is 20.6 Å². The molecule has 0 saturated carbocycles. The highest BCUT2D eigenvalue weighted by Gasteiger charge is 2.16. The monoisotopic (exact) mass is 323 g/mol. The van der Waals surface area contributed by atoms with Gasteiger partial charge in [-0.15, -0.1) is 0 Å². The number of aromatic nitrogens is 3. The van der Waals surface area contributed by atoms with Crippen LogP contribution in [0, 0.1) is 0 Å². The summed E-state index contributed by atoms with van der Waals surface area (Å²) in [4.78, 5) is 4.34. The Kier molecular flexibility index (Phi) is 3.40. The molecule has 0 fully saturated rings. The molecule has 23 heavy (non-hydrogen) atoms. The first-order chi connectivity index (χ1) is 11.3. The number of rotatable bonds is 3. The molecule has 0 N–H and O–H groups in total. The van der Waals surface area contributed by atoms with E-state index < -0.39 is 0 Å². The van der Waals surface area contributed by atoms with Crippen LogP contribution in [0.1, 0.15) is 0 Å². The van der Waals surface area contributed by atoms with Gasteiger partial charge in [0.15, 0.2) is 0 Å². The molecule has 0 amide bonds. The SMILES string of the molecule is Clc1ccc(-c2cc(-c3nc(-c4ccccc4)no3)on2)cc1. The number of nitrogens with zero attached hydrogens (tertiary/aromatic N) is 3. The van der Waals surface area contributed by atoms with Crippen LogP contribution in [0.25, 0.3) is 34.3 Å². The van der Waals surface area contributed by atoms with Crippen LogP contribution in [0.2, 0.25) is 5.02 Å². The topological polar surface area (TPSA) is 65.0 Å². The van der Waals surface area contributed by atoms with Crippen LogP contribution in [0.4, 0.5) is 0 Å². The fourth-order valence-corrected chi connectivity index (χ4v) is 2.29. The second-order valence-electron chi connectivity index (χ2n) is 4.87. The van der Waals surface area contributed by atoms with Crippen molar-refractivity contribution in [3.05, 3.63) is 65.7 Å². The maximum absolute atomic E-state index is 5.88. The van der Waals surface area contributed by atoms with Gasteiger partial charge in [-0.1, -0.05) is 64.4 Å². The van der Waals surface area contributed by atoms with E-state index >= 15 is 0 Å². The third kappa shape index (κ3) is 2.74. The zero-order valence-electron chi connectivity index (χ0n) is 11.8. The van der Waals surface area contributed by atoms with Gasteiger partial charge in [-0.05, 0) is 12.1 Å². The van der Waals surface area contributed by atoms with Crippen molar-refractivity contribution < 1.29 is 9.05 Å². The maximum Gasteiger partial charge on any atom is 0.296 e. The minimum absolute atomic E-state index is 0.288. The van der Waals surface area contributed by atoms with Crippen molar-refractivity contribution in [2.24, 2.45) is 0 Å². The van der Waals surface area contributed by atoms with E-state index in [1.165, 1.54) is 0 Å². The Morgan fingerprint density at radius 2 is 1.57 bits per heavy atom. The summed E-state index contributed by atoms with van der Waals surface area (Å²) in [6, 6.07) is 18.7. The number of benzene rings is 2. The van der Waals surface area contributed by atoms with Crippen LogP contribution >= 0.6 is 11.6 Å². The molecule has 0 aliphatic heterocycles. The third-order valence-electron chi connectivity index (χ3n) is 3.32. The van der Waals surface area contributed by atoms with Gasteiger partial charge in [-0.25, -0.2) is 0 Å². The number of halogens is 1. The maximum atomic E-state index is 5.88. The van der Waals surface area contributed by atoms with Crippen LogP contribution in [0.5, 0.6) is 0 Å². The Hall–Kier alpha value is -2.92. The second kappa shape index (κ2) is 5.70. The lowest BCUT2D eigenvalue weighted by Gasteiger charge is -1.93. The van der Waals surface area contributed by atoms with E-state index in [9.17, 15) is 0 Å². The molecule has 5 nitrogen and oxygen atoms in total. The summed E-state index contributed by atoms with van der Waals surface area (Å²) in [5.74, 6) is 1.21. The lowest BCUT2D eigenvalue weighted by atomic mass is 10.1. The van der Waals surface area contributed by atoms with E-state index in [-0.39, 0.29) is 5.89 Å². The third-order valence-corrected chi connectivity index (χ3v) is 3.57. The molecule has 2 heterocycles. The molecule has 4 rings (SSSR count). The molecule has 0 aliphatic carbocycles. The molecule has 0 saturated heterocycles. The van der Waals surface area contributed by atoms with Gasteiger partial charge in [-0.2, -0.15) is 4.98 Å². The average molecular weight is 324 g/mol. The molecule has 2 aromatic carbocycles. The van der Waals surface area contributed by atoms with Gasteiger partial charge in [0, 0.05) is 22.2 Å². The van der Waals surface area contributed by atoms with Gasteiger partial charge >= 0.3 is 0 Å². The summed E-state index contributed by atoms with van der Waals surface area (Å²) in [5, 5.41) is 8.66. The normalized spacial score (nSPS) is 10.8. The molecule has 0 unspecified atom stereocenters. The van der Waals surface area contributed by atoms with Gasteiger partial charge in [0.1, 0.15) is 5.69 Å². The van der Waals surface area contributed by atoms with Crippen LogP contribution < -0.4 is 0 Å². The van der Waals surface area contributed by atoms with E-state index in [0.29, 0.717) is 22.3 Å². The molecule has 0 bridgehead atoms. The summed E-state index contributed by atoms with van der Waals surface area (Å²) < 4.78 is 10.6. The number of hydrogen-bond donors (Lipinski definition) is 0. The summed E-state index contributed by atoms with van der Waals surface area (Å²) in [7, 11) is 0. The molecule has 6 heteroatoms. The van der Waals surface area contributed by atoms with Gasteiger partial charge in [0.05, 0.1) is 0 Å². The largest absolute Gasteiger partial charge is 0.350 e. The van der Waals surface area contributed by atoms with Crippen LogP contribution in [-0.2, 0) is 0 Å². The minimum Gasteiger partial charge on any atom is -0.350 e. The van der Waals surface area contributed by atoms with Crippen molar-refractivity contribution in [1.82, 2.24) is 15.3 Å². The highest BCUT2D eigenvalue weighted by molar-refractivity contribution is 6.30. The highest BCUT2D eigenvalue weighted by atomic mass is 35.5. The average Bonchev–Trinajstić information content (AvgIpc) is 3.26. The van der Waals surface area contributed by atoms with Crippen molar-refractivity contribution in [3.8, 4) is 34.3 Å². The molecular weight excluding hydrogens is 314 g/mol. The lowest BCUT2D eigenvalue weighted by molar-refractivity contribution is 0.386. The Balaban J connectivity index is 1.65. The Morgan fingerprint density at radius 1 is 0.783 bits per heavy atom. The van der Waals surface area contributed by atoms with Gasteiger partial charge < -0.3 is 9.05 Å². The molecule has 0 atom stereocenters. The van der Waals surface area contributed by atoms with Gasteiger partial charge in [0.2, 0.25) is 11.6 Å². The highest BCUT2D eigenvalue weighted by Crippen LogP contribution is 2.27. The predicted molar refractivity (Wildman–Crippen MR) is 85.7 cm³/mol. The quantitative estimate of drug-likeness (QED) is 0.546. The van der Waals surface area contributed by atoms with E-state index in [1.807, 2.05) is 42.5 Å². The van der Waals surface area contributed by atoms with Crippen LogP contribution in [-0.4, -0.2) is 15.3 Å². The van der Waals surface area contributed by atoms with Crippen molar-refractivity contribution in [3.63, 3.8) is 0 Å². The lowest BCUT2D eigenvalue weighted by Crippen LogP contribution is -1.79. The van der Waals surface area contributed by atoms with Gasteiger partial charge in [-0.3, -0.25) is 0 Å². The van der Waals surface area contributed by atoms with E-state index in [2.05, 4.69) is 15.3 Å². The zero-order valence-corrected chi connectivity index (χ0v) is 12.6. The van der Waals surface area contributed by atoms with Crippen molar-refractivity contribution in [2.45, 2.75) is 0 Å². The van der Waals surface area contributed by atoms with Crippen LogP contribution in [0.3, 0.4) is 0 Å². The first-order valence-electron chi connectivity index (χ1n) is 6.92. The van der Waals surface area contributed by atoms with Crippen molar-refractivity contribution >= 4 is 11.6 Å². The molecule has 0 radical (unpaired) electrons. The number of hydrogen-bond acceptors (Lipinski definition) is 5. The van der Waals surface area contributed by atoms with Crippen molar-refractivity contribution in [2.75, 3.05) is 0 Å². The molecule has 4 aromatic rings. The standard InChI is InChI=1S/C17H10ClN3O2/c18-13-8-6-11(7-9-13)14-10-15(22-20-14)17-19-16(21-23-17)12-4-2-1-3-5-12/h1-10H. The Labute approximate surface area is 136 Å². The van der Waals surface area contributed by atoms with Crippen LogP contribution in [0.15, 0.2) is 69.7 Å². The summed E-state index contributed by atoms with van der Waals surface area (Å²) in [6.07, 6.45) is 0. The predicted octanol–water partition coefficient (Wildman–Crippen LogP) is 4.71. The summed E-state index contributed by atoms with van der Waals surface area (Å²) in [5.41, 5.74) is 2.45. The first kappa shape index (κ1) is 13.7. The fraction of sp³-hybridized carbons (Fsp3) is 0. The summed E-state index contributed by atoms with van der Waals surface area (Å²) >= 11 is 5.88. The van der Waals surface area contributed by atoms with Gasteiger partial charge in [0.25, 0.3) is 5.89 Å². The minimum atomic E-state index is 0.288. The molecule has 2 aromatic heterocycles. The molecule has 0 spiro atoms. The zero-order chi connectivity index (χ0) is 15.6. The Bertz CT molecular complexity index is 930. The molecule has 0 aliphatic rings. The molecule has 112 valence electrons. The summed E-state index contributed by atoms with van der Waals surface area (Å²) in [6.45, 7) is 0. The Morgan fingerprint density at radius 3 is 2.35 bits per heavy atom. The molecular formula is C17H10ClN3O2. The fourth-order valence-electron chi connectivity index (χ4n) is 2.16. The van der Waals surface area contributed by atoms with Crippen molar-refractivity contribution in [1.29, 1.82) is 0 Å². The first-order valence-corrected chi connectivity index (χ1v) is 7.29. The van der Waals surface area contributed by atoms with E-state index in [0.717, 1.165) is 11.1 Å². The van der Waals surface area contributed by atoms with E-state index in [1.54, 1.807) is 18.2 Å².